The molecule has 0 unspecified atom stereocenters. The van der Waals surface area contributed by atoms with E-state index >= 15 is 0 Å². The first-order valence-corrected chi connectivity index (χ1v) is 7.17. The van der Waals surface area contributed by atoms with Gasteiger partial charge in [-0.3, -0.25) is 9.48 Å². The van der Waals surface area contributed by atoms with Crippen molar-refractivity contribution in [2.24, 2.45) is 7.05 Å². The highest BCUT2D eigenvalue weighted by molar-refractivity contribution is 6.02. The number of rotatable bonds is 5. The minimum absolute atomic E-state index is 0.228. The van der Waals surface area contributed by atoms with E-state index in [-0.39, 0.29) is 5.91 Å². The van der Waals surface area contributed by atoms with Crippen LogP contribution in [0.3, 0.4) is 0 Å². The van der Waals surface area contributed by atoms with Gasteiger partial charge in [0.25, 0.3) is 0 Å². The summed E-state index contributed by atoms with van der Waals surface area (Å²) in [6.07, 6.45) is 3.16. The van der Waals surface area contributed by atoms with Crippen molar-refractivity contribution in [3.05, 3.63) is 41.1 Å². The molecule has 0 atom stereocenters. The van der Waals surface area contributed by atoms with E-state index in [2.05, 4.69) is 10.4 Å². The molecule has 1 N–H and O–H groups in total. The van der Waals surface area contributed by atoms with Gasteiger partial charge in [0.2, 0.25) is 5.91 Å². The second-order valence-electron chi connectivity index (χ2n) is 5.11. The lowest BCUT2D eigenvalue weighted by atomic mass is 10.1. The normalized spacial score (nSPS) is 10.8. The van der Waals surface area contributed by atoms with Gasteiger partial charge in [-0.05, 0) is 32.1 Å². The van der Waals surface area contributed by atoms with Crippen LogP contribution in [0.4, 0.5) is 5.82 Å². The number of benzene rings is 1. The average Bonchev–Trinajstić information content (AvgIpc) is 2.79. The summed E-state index contributed by atoms with van der Waals surface area (Å²) < 4.78 is 12.1. The van der Waals surface area contributed by atoms with Crippen molar-refractivity contribution in [1.29, 1.82) is 0 Å². The molecule has 1 heterocycles. The maximum Gasteiger partial charge on any atom is 0.249 e. The summed E-state index contributed by atoms with van der Waals surface area (Å²) in [5.74, 6) is 1.80. The third-order valence-corrected chi connectivity index (χ3v) is 3.62. The van der Waals surface area contributed by atoms with Crippen LogP contribution in [-0.4, -0.2) is 29.9 Å². The van der Waals surface area contributed by atoms with Crippen molar-refractivity contribution in [2.75, 3.05) is 19.5 Å². The fraction of sp³-hybridized carbons (Fsp3) is 0.294. The van der Waals surface area contributed by atoms with Gasteiger partial charge in [0, 0.05) is 30.3 Å². The number of carbonyl (C=O) groups is 1. The quantitative estimate of drug-likeness (QED) is 0.862. The molecule has 2 rings (SSSR count). The number of nitrogens with zero attached hydrogens (tertiary/aromatic N) is 2. The maximum absolute atomic E-state index is 12.1. The lowest BCUT2D eigenvalue weighted by Gasteiger charge is -2.07. The summed E-state index contributed by atoms with van der Waals surface area (Å²) >= 11 is 0. The summed E-state index contributed by atoms with van der Waals surface area (Å²) in [7, 11) is 4.97. The van der Waals surface area contributed by atoms with Crippen molar-refractivity contribution in [3.8, 4) is 11.5 Å². The average molecular weight is 315 g/mol. The predicted octanol–water partition coefficient (Wildman–Crippen LogP) is 2.71. The Morgan fingerprint density at radius 3 is 2.57 bits per heavy atom. The molecule has 122 valence electrons. The Balaban J connectivity index is 2.15. The van der Waals surface area contributed by atoms with E-state index in [9.17, 15) is 4.79 Å². The molecule has 0 aliphatic heterocycles. The molecule has 1 amide bonds. The molecule has 6 nitrogen and oxygen atoms in total. The summed E-state index contributed by atoms with van der Waals surface area (Å²) in [4.78, 5) is 12.1. The number of hydrogen-bond acceptors (Lipinski definition) is 4. The van der Waals surface area contributed by atoms with E-state index < -0.39 is 0 Å². The molecular formula is C17H21N3O3. The number of ether oxygens (including phenoxy) is 2. The Kier molecular flexibility index (Phi) is 5.05. The molecule has 0 spiro atoms. The zero-order chi connectivity index (χ0) is 17.0. The van der Waals surface area contributed by atoms with E-state index in [1.165, 1.54) is 6.08 Å². The number of aryl methyl sites for hydroxylation is 2. The number of anilines is 1. The first-order valence-electron chi connectivity index (χ1n) is 7.17. The summed E-state index contributed by atoms with van der Waals surface area (Å²) in [5, 5.41) is 7.11. The van der Waals surface area contributed by atoms with Crippen LogP contribution in [-0.2, 0) is 11.8 Å². The smallest absolute Gasteiger partial charge is 0.249 e. The maximum atomic E-state index is 12.1. The molecule has 1 aromatic carbocycles. The molecular weight excluding hydrogens is 294 g/mol. The monoisotopic (exact) mass is 315 g/mol. The molecule has 0 aliphatic rings. The van der Waals surface area contributed by atoms with Gasteiger partial charge in [0.15, 0.2) is 0 Å². The van der Waals surface area contributed by atoms with Crippen LogP contribution in [0.5, 0.6) is 11.5 Å². The van der Waals surface area contributed by atoms with Gasteiger partial charge < -0.3 is 14.8 Å². The van der Waals surface area contributed by atoms with Crippen molar-refractivity contribution in [3.63, 3.8) is 0 Å². The number of hydrogen-bond donors (Lipinski definition) is 1. The first kappa shape index (κ1) is 16.6. The van der Waals surface area contributed by atoms with Gasteiger partial charge in [0.05, 0.1) is 19.9 Å². The molecule has 2 aromatic rings. The number of aromatic nitrogens is 2. The molecule has 0 saturated heterocycles. The zero-order valence-electron chi connectivity index (χ0n) is 14.0. The Labute approximate surface area is 135 Å². The molecule has 0 radical (unpaired) electrons. The van der Waals surface area contributed by atoms with E-state index in [0.29, 0.717) is 17.3 Å². The third-order valence-electron chi connectivity index (χ3n) is 3.62. The van der Waals surface area contributed by atoms with Crippen LogP contribution in [0.15, 0.2) is 24.3 Å². The Hall–Kier alpha value is -2.76. The third kappa shape index (κ3) is 3.71. The van der Waals surface area contributed by atoms with Crippen LogP contribution in [0.25, 0.3) is 6.08 Å². The van der Waals surface area contributed by atoms with Crippen LogP contribution < -0.4 is 14.8 Å². The fourth-order valence-electron chi connectivity index (χ4n) is 2.22. The molecule has 6 heteroatoms. The van der Waals surface area contributed by atoms with Crippen molar-refractivity contribution >= 4 is 17.8 Å². The van der Waals surface area contributed by atoms with Crippen LogP contribution in [0.1, 0.15) is 16.8 Å². The van der Waals surface area contributed by atoms with E-state index in [4.69, 9.17) is 9.47 Å². The van der Waals surface area contributed by atoms with Crippen molar-refractivity contribution < 1.29 is 14.3 Å². The molecule has 23 heavy (non-hydrogen) atoms. The van der Waals surface area contributed by atoms with Gasteiger partial charge >= 0.3 is 0 Å². The van der Waals surface area contributed by atoms with Crippen LogP contribution >= 0.6 is 0 Å². The Bertz CT molecular complexity index is 748. The number of methoxy groups -OCH3 is 2. The molecule has 0 fully saturated rings. The van der Waals surface area contributed by atoms with Gasteiger partial charge in [-0.25, -0.2) is 0 Å². The zero-order valence-corrected chi connectivity index (χ0v) is 14.0. The second kappa shape index (κ2) is 7.00. The molecule has 0 aliphatic carbocycles. The highest BCUT2D eigenvalue weighted by atomic mass is 16.5. The topological polar surface area (TPSA) is 65.4 Å². The number of carbonyl (C=O) groups excluding carboxylic acids is 1. The minimum Gasteiger partial charge on any atom is -0.497 e. The summed E-state index contributed by atoms with van der Waals surface area (Å²) in [6, 6.07) is 5.42. The first-order chi connectivity index (χ1) is 11.0. The highest BCUT2D eigenvalue weighted by Crippen LogP contribution is 2.25. The predicted molar refractivity (Wildman–Crippen MR) is 89.9 cm³/mol. The van der Waals surface area contributed by atoms with Crippen LogP contribution in [0.2, 0.25) is 0 Å². The van der Waals surface area contributed by atoms with Gasteiger partial charge in [-0.15, -0.1) is 0 Å². The highest BCUT2D eigenvalue weighted by Gasteiger charge is 2.10. The van der Waals surface area contributed by atoms with Crippen molar-refractivity contribution in [2.45, 2.75) is 13.8 Å². The Morgan fingerprint density at radius 1 is 1.26 bits per heavy atom. The second-order valence-corrected chi connectivity index (χ2v) is 5.11. The van der Waals surface area contributed by atoms with E-state index in [1.54, 1.807) is 38.1 Å². The molecule has 0 bridgehead atoms. The fourth-order valence-corrected chi connectivity index (χ4v) is 2.22. The van der Waals surface area contributed by atoms with E-state index in [1.807, 2.05) is 26.0 Å². The summed E-state index contributed by atoms with van der Waals surface area (Å²) in [5.41, 5.74) is 2.64. The lowest BCUT2D eigenvalue weighted by molar-refractivity contribution is -0.111. The molecule has 1 aromatic heterocycles. The Morgan fingerprint density at radius 2 is 2.00 bits per heavy atom. The minimum atomic E-state index is -0.228. The number of nitrogens with one attached hydrogen (secondary N) is 1. The van der Waals surface area contributed by atoms with E-state index in [0.717, 1.165) is 16.8 Å². The van der Waals surface area contributed by atoms with Gasteiger partial charge in [0.1, 0.15) is 17.3 Å². The number of amides is 1. The van der Waals surface area contributed by atoms with Crippen LogP contribution in [0, 0.1) is 13.8 Å². The SMILES string of the molecule is COc1ccc(/C=C/C(=O)Nc2c(C)c(C)nn2C)c(OC)c1. The van der Waals surface area contributed by atoms with Crippen molar-refractivity contribution in [1.82, 2.24) is 9.78 Å². The molecule has 0 saturated carbocycles. The van der Waals surface area contributed by atoms with Gasteiger partial charge in [-0.2, -0.15) is 5.10 Å². The summed E-state index contributed by atoms with van der Waals surface area (Å²) in [6.45, 7) is 3.83. The lowest BCUT2D eigenvalue weighted by Crippen LogP contribution is -2.12. The standard InChI is InChI=1S/C17H21N3O3/c1-11-12(2)19-20(3)17(11)18-16(21)9-7-13-6-8-14(22-4)10-15(13)23-5/h6-10H,1-5H3,(H,18,21)/b9-7+. The largest absolute Gasteiger partial charge is 0.497 e. The van der Waals surface area contributed by atoms with Gasteiger partial charge in [-0.1, -0.05) is 0 Å².